The first-order valence-corrected chi connectivity index (χ1v) is 10.3. The molecular weight excluding hydrogens is 427 g/mol. The summed E-state index contributed by atoms with van der Waals surface area (Å²) in [6, 6.07) is 6.23. The van der Waals surface area contributed by atoms with E-state index < -0.39 is 50.0 Å². The Labute approximate surface area is 170 Å². The molecule has 0 fully saturated rings. The van der Waals surface area contributed by atoms with Gasteiger partial charge in [-0.2, -0.15) is 13.2 Å². The highest BCUT2D eigenvalue weighted by molar-refractivity contribution is 7.92. The van der Waals surface area contributed by atoms with Gasteiger partial charge in [0.25, 0.3) is 5.69 Å². The first-order valence-electron chi connectivity index (χ1n) is 8.45. The maximum absolute atomic E-state index is 13.2. The van der Waals surface area contributed by atoms with Crippen LogP contribution in [0, 0.1) is 17.0 Å². The van der Waals surface area contributed by atoms with E-state index in [4.69, 9.17) is 0 Å². The van der Waals surface area contributed by atoms with Crippen molar-refractivity contribution in [1.82, 2.24) is 0 Å². The molecule has 1 amide bonds. The van der Waals surface area contributed by atoms with Crippen molar-refractivity contribution in [2.45, 2.75) is 26.1 Å². The number of amides is 1. The molecule has 0 aliphatic heterocycles. The molecular formula is C18H18F3N3O5S. The summed E-state index contributed by atoms with van der Waals surface area (Å²) >= 11 is 0. The van der Waals surface area contributed by atoms with Crippen molar-refractivity contribution in [3.8, 4) is 0 Å². The fourth-order valence-electron chi connectivity index (χ4n) is 2.81. The van der Waals surface area contributed by atoms with Gasteiger partial charge in [0, 0.05) is 12.1 Å². The van der Waals surface area contributed by atoms with Gasteiger partial charge in [-0.1, -0.05) is 18.2 Å². The number of hydrogen-bond donors (Lipinski definition) is 1. The average Bonchev–Trinajstić information content (AvgIpc) is 2.61. The van der Waals surface area contributed by atoms with Crippen molar-refractivity contribution in [3.05, 3.63) is 63.7 Å². The van der Waals surface area contributed by atoms with E-state index in [9.17, 15) is 36.5 Å². The van der Waals surface area contributed by atoms with Crippen molar-refractivity contribution in [2.24, 2.45) is 0 Å². The lowest BCUT2D eigenvalue weighted by atomic mass is 10.1. The van der Waals surface area contributed by atoms with Gasteiger partial charge in [0.2, 0.25) is 15.9 Å². The number of nitrogens with one attached hydrogen (secondary N) is 1. The zero-order valence-corrected chi connectivity index (χ0v) is 16.9. The van der Waals surface area contributed by atoms with Crippen LogP contribution in [0.25, 0.3) is 0 Å². The molecule has 0 saturated carbocycles. The number of nitro groups is 1. The van der Waals surface area contributed by atoms with Gasteiger partial charge >= 0.3 is 6.18 Å². The molecule has 0 aliphatic carbocycles. The highest BCUT2D eigenvalue weighted by atomic mass is 32.2. The largest absolute Gasteiger partial charge is 0.418 e. The van der Waals surface area contributed by atoms with Crippen molar-refractivity contribution < 1.29 is 31.3 Å². The Hall–Kier alpha value is -3.15. The van der Waals surface area contributed by atoms with Crippen LogP contribution in [0.5, 0.6) is 0 Å². The van der Waals surface area contributed by atoms with E-state index in [1.54, 1.807) is 0 Å². The Kier molecular flexibility index (Phi) is 6.40. The molecule has 12 heteroatoms. The summed E-state index contributed by atoms with van der Waals surface area (Å²) in [5, 5.41) is 13.2. The molecule has 2 rings (SSSR count). The third kappa shape index (κ3) is 5.06. The first kappa shape index (κ1) is 23.1. The number of aryl methyl sites for hydroxylation is 1. The van der Waals surface area contributed by atoms with Crippen LogP contribution in [-0.4, -0.2) is 31.5 Å². The predicted molar refractivity (Wildman–Crippen MR) is 105 cm³/mol. The fourth-order valence-corrected chi connectivity index (χ4v) is 4.03. The molecule has 8 nitrogen and oxygen atoms in total. The van der Waals surface area contributed by atoms with Crippen LogP contribution < -0.4 is 9.62 Å². The Bertz CT molecular complexity index is 1090. The number of carbonyl (C=O) groups is 1. The second-order valence-corrected chi connectivity index (χ2v) is 8.35. The number of hydrogen-bond acceptors (Lipinski definition) is 5. The zero-order chi connectivity index (χ0) is 22.9. The SMILES string of the molecule is Cc1ccc([N+](=O)[O-])cc1N(C(C)C(=O)Nc1ccccc1C(F)(F)F)S(C)(=O)=O. The smallest absolute Gasteiger partial charge is 0.324 e. The molecule has 1 N–H and O–H groups in total. The van der Waals surface area contributed by atoms with Crippen molar-refractivity contribution in [2.75, 3.05) is 15.9 Å². The molecule has 30 heavy (non-hydrogen) atoms. The number of nitrogens with zero attached hydrogens (tertiary/aromatic N) is 2. The summed E-state index contributed by atoms with van der Waals surface area (Å²) in [6.45, 7) is 2.66. The summed E-state index contributed by atoms with van der Waals surface area (Å²) in [5.74, 6) is -1.04. The number of benzene rings is 2. The van der Waals surface area contributed by atoms with Crippen LogP contribution in [0.2, 0.25) is 0 Å². The molecule has 0 aliphatic rings. The van der Waals surface area contributed by atoms with E-state index in [1.165, 1.54) is 32.0 Å². The van der Waals surface area contributed by atoms with Crippen LogP contribution in [-0.2, 0) is 21.0 Å². The second kappa shape index (κ2) is 8.30. The molecule has 0 bridgehead atoms. The van der Waals surface area contributed by atoms with Crippen molar-refractivity contribution >= 4 is 33.0 Å². The van der Waals surface area contributed by atoms with E-state index in [2.05, 4.69) is 5.32 Å². The highest BCUT2D eigenvalue weighted by Gasteiger charge is 2.35. The van der Waals surface area contributed by atoms with Gasteiger partial charge in [-0.25, -0.2) is 8.42 Å². The third-order valence-electron chi connectivity index (χ3n) is 4.22. The number of anilines is 2. The highest BCUT2D eigenvalue weighted by Crippen LogP contribution is 2.35. The molecule has 0 saturated heterocycles. The Morgan fingerprint density at radius 1 is 1.20 bits per heavy atom. The third-order valence-corrected chi connectivity index (χ3v) is 5.45. The van der Waals surface area contributed by atoms with E-state index in [-0.39, 0.29) is 5.69 Å². The minimum atomic E-state index is -4.74. The monoisotopic (exact) mass is 445 g/mol. The Balaban J connectivity index is 2.48. The van der Waals surface area contributed by atoms with E-state index in [0.717, 1.165) is 30.5 Å². The maximum Gasteiger partial charge on any atom is 0.418 e. The normalized spacial score (nSPS) is 12.9. The summed E-state index contributed by atoms with van der Waals surface area (Å²) in [6.07, 6.45) is -3.95. The van der Waals surface area contributed by atoms with Crippen molar-refractivity contribution in [3.63, 3.8) is 0 Å². The minimum absolute atomic E-state index is 0.126. The number of halogens is 3. The Morgan fingerprint density at radius 3 is 2.33 bits per heavy atom. The lowest BCUT2D eigenvalue weighted by Crippen LogP contribution is -2.45. The summed E-state index contributed by atoms with van der Waals surface area (Å²) in [4.78, 5) is 23.0. The summed E-state index contributed by atoms with van der Waals surface area (Å²) in [5.41, 5.74) is -1.84. The zero-order valence-electron chi connectivity index (χ0n) is 16.1. The fraction of sp³-hybridized carbons (Fsp3) is 0.278. The minimum Gasteiger partial charge on any atom is -0.324 e. The average molecular weight is 445 g/mol. The van der Waals surface area contributed by atoms with Crippen LogP contribution in [0.15, 0.2) is 42.5 Å². The topological polar surface area (TPSA) is 110 Å². The number of para-hydroxylation sites is 1. The number of non-ortho nitro benzene ring substituents is 1. The molecule has 0 spiro atoms. The quantitative estimate of drug-likeness (QED) is 0.538. The lowest BCUT2D eigenvalue weighted by molar-refractivity contribution is -0.384. The van der Waals surface area contributed by atoms with Gasteiger partial charge < -0.3 is 5.32 Å². The van der Waals surface area contributed by atoms with E-state index in [1.807, 2.05) is 0 Å². The van der Waals surface area contributed by atoms with Crippen LogP contribution >= 0.6 is 0 Å². The van der Waals surface area contributed by atoms with Gasteiger partial charge in [-0.05, 0) is 31.5 Å². The molecule has 0 heterocycles. The molecule has 1 atom stereocenters. The van der Waals surface area contributed by atoms with E-state index >= 15 is 0 Å². The van der Waals surface area contributed by atoms with Crippen LogP contribution in [0.4, 0.5) is 30.2 Å². The van der Waals surface area contributed by atoms with Crippen LogP contribution in [0.3, 0.4) is 0 Å². The van der Waals surface area contributed by atoms with E-state index in [0.29, 0.717) is 9.87 Å². The van der Waals surface area contributed by atoms with Gasteiger partial charge in [0.15, 0.2) is 0 Å². The standard InChI is InChI=1S/C18H18F3N3O5S/c1-11-8-9-13(24(26)27)10-16(11)23(30(3,28)29)12(2)17(25)22-15-7-5-4-6-14(15)18(19,20)21/h4-10,12H,1-3H3,(H,22,25). The molecule has 2 aromatic carbocycles. The summed E-state index contributed by atoms with van der Waals surface area (Å²) in [7, 11) is -4.13. The second-order valence-electron chi connectivity index (χ2n) is 6.50. The first-order chi connectivity index (χ1) is 13.7. The van der Waals surface area contributed by atoms with Gasteiger partial charge in [-0.3, -0.25) is 19.2 Å². The summed E-state index contributed by atoms with van der Waals surface area (Å²) < 4.78 is 64.9. The number of nitro benzene ring substituents is 1. The molecule has 0 radical (unpaired) electrons. The molecule has 162 valence electrons. The van der Waals surface area contributed by atoms with Gasteiger partial charge in [0.1, 0.15) is 6.04 Å². The van der Waals surface area contributed by atoms with Gasteiger partial charge in [-0.15, -0.1) is 0 Å². The molecule has 2 aromatic rings. The molecule has 0 aromatic heterocycles. The maximum atomic E-state index is 13.2. The lowest BCUT2D eigenvalue weighted by Gasteiger charge is -2.29. The molecule has 1 unspecified atom stereocenters. The number of rotatable bonds is 6. The number of carbonyl (C=O) groups excluding carboxylic acids is 1. The van der Waals surface area contributed by atoms with Crippen molar-refractivity contribution in [1.29, 1.82) is 0 Å². The number of sulfonamides is 1. The Morgan fingerprint density at radius 2 is 1.80 bits per heavy atom. The van der Waals surface area contributed by atoms with Crippen LogP contribution in [0.1, 0.15) is 18.1 Å². The predicted octanol–water partition coefficient (Wildman–Crippen LogP) is 3.72. The number of alkyl halides is 3. The van der Waals surface area contributed by atoms with Gasteiger partial charge in [0.05, 0.1) is 28.1 Å².